The molecule has 1 aromatic carbocycles. The summed E-state index contributed by atoms with van der Waals surface area (Å²) in [6.07, 6.45) is 3.25. The van der Waals surface area contributed by atoms with E-state index >= 15 is 0 Å². The van der Waals surface area contributed by atoms with E-state index < -0.39 is 5.60 Å². The molecule has 2 aromatic heterocycles. The highest BCUT2D eigenvalue weighted by molar-refractivity contribution is 5.70. The second-order valence-electron chi connectivity index (χ2n) is 8.26. The molecule has 8 nitrogen and oxygen atoms in total. The maximum atomic E-state index is 12.0. The van der Waals surface area contributed by atoms with E-state index in [9.17, 15) is 9.90 Å². The van der Waals surface area contributed by atoms with Crippen LogP contribution in [0.4, 0.5) is 4.79 Å². The van der Waals surface area contributed by atoms with Gasteiger partial charge in [-0.05, 0) is 44.5 Å². The minimum absolute atomic E-state index is 0.218. The predicted molar refractivity (Wildman–Crippen MR) is 107 cm³/mol. The van der Waals surface area contributed by atoms with Gasteiger partial charge < -0.3 is 19.5 Å². The van der Waals surface area contributed by atoms with Gasteiger partial charge in [0.25, 0.3) is 0 Å². The second kappa shape index (κ2) is 7.27. The minimum atomic E-state index is -0.493. The Morgan fingerprint density at radius 3 is 2.62 bits per heavy atom. The summed E-state index contributed by atoms with van der Waals surface area (Å²) in [6.45, 7) is 7.26. The zero-order valence-electron chi connectivity index (χ0n) is 16.7. The third-order valence-corrected chi connectivity index (χ3v) is 4.64. The molecule has 0 aliphatic carbocycles. The van der Waals surface area contributed by atoms with Gasteiger partial charge in [0, 0.05) is 30.8 Å². The first-order valence-electron chi connectivity index (χ1n) is 9.52. The molecule has 152 valence electrons. The lowest BCUT2D eigenvalue weighted by Crippen LogP contribution is -2.53. The number of rotatable bonds is 4. The van der Waals surface area contributed by atoms with Crippen molar-refractivity contribution < 1.29 is 19.4 Å². The Labute approximate surface area is 168 Å². The maximum Gasteiger partial charge on any atom is 0.410 e. The molecule has 0 unspecified atom stereocenters. The number of aromatic hydroxyl groups is 1. The van der Waals surface area contributed by atoms with Gasteiger partial charge in [-0.15, -0.1) is 10.2 Å². The number of hydrogen-bond acceptors (Lipinski definition) is 6. The number of ether oxygens (including phenoxy) is 2. The quantitative estimate of drug-likeness (QED) is 0.728. The third-order valence-electron chi connectivity index (χ3n) is 4.64. The Bertz CT molecular complexity index is 1020. The first-order chi connectivity index (χ1) is 13.8. The normalized spacial score (nSPS) is 14.7. The number of aromatic nitrogens is 3. The van der Waals surface area contributed by atoms with Gasteiger partial charge in [-0.3, -0.25) is 4.40 Å². The molecule has 1 fully saturated rings. The number of carbonyl (C=O) groups is 1. The summed E-state index contributed by atoms with van der Waals surface area (Å²) in [5, 5.41) is 17.6. The molecule has 1 aliphatic heterocycles. The van der Waals surface area contributed by atoms with Crippen molar-refractivity contribution in [3.63, 3.8) is 0 Å². The highest BCUT2D eigenvalue weighted by Crippen LogP contribution is 2.29. The average Bonchev–Trinajstić information content (AvgIpc) is 3.08. The number of benzene rings is 1. The molecule has 3 heterocycles. The largest absolute Gasteiger partial charge is 0.508 e. The molecule has 1 saturated heterocycles. The average molecular weight is 396 g/mol. The predicted octanol–water partition coefficient (Wildman–Crippen LogP) is 3.35. The zero-order chi connectivity index (χ0) is 20.6. The van der Waals surface area contributed by atoms with Crippen LogP contribution in [0.25, 0.3) is 16.8 Å². The Balaban J connectivity index is 1.43. The van der Waals surface area contributed by atoms with E-state index in [1.54, 1.807) is 23.4 Å². The monoisotopic (exact) mass is 396 g/mol. The van der Waals surface area contributed by atoms with Crippen LogP contribution in [-0.4, -0.2) is 56.0 Å². The van der Waals surface area contributed by atoms with Crippen LogP contribution in [0.1, 0.15) is 20.8 Å². The van der Waals surface area contributed by atoms with Crippen LogP contribution in [0.2, 0.25) is 0 Å². The third kappa shape index (κ3) is 4.26. The van der Waals surface area contributed by atoms with Crippen LogP contribution in [0.15, 0.2) is 42.9 Å². The Morgan fingerprint density at radius 2 is 1.93 bits per heavy atom. The molecule has 3 aromatic rings. The van der Waals surface area contributed by atoms with Gasteiger partial charge in [-0.1, -0.05) is 12.1 Å². The van der Waals surface area contributed by atoms with E-state index in [1.165, 1.54) is 0 Å². The standard InChI is InChI=1S/C21H24N4O4/c1-21(2,3)29-20(27)24-9-14(10-24)12-28-18-8-16(11-25-13-22-23-19(18)25)15-4-6-17(26)7-5-15/h4-8,11,13-14,26H,9-10,12H2,1-3H3. The number of likely N-dealkylation sites (tertiary alicyclic amines) is 1. The van der Waals surface area contributed by atoms with Crippen LogP contribution in [0, 0.1) is 5.92 Å². The second-order valence-corrected chi connectivity index (χ2v) is 8.26. The molecule has 1 aliphatic rings. The van der Waals surface area contributed by atoms with E-state index in [4.69, 9.17) is 9.47 Å². The number of hydrogen-bond donors (Lipinski definition) is 1. The van der Waals surface area contributed by atoms with Crippen molar-refractivity contribution in [2.45, 2.75) is 26.4 Å². The van der Waals surface area contributed by atoms with Crippen molar-refractivity contribution in [1.82, 2.24) is 19.5 Å². The van der Waals surface area contributed by atoms with Crippen molar-refractivity contribution in [2.24, 2.45) is 5.92 Å². The van der Waals surface area contributed by atoms with Gasteiger partial charge in [0.1, 0.15) is 17.7 Å². The molecule has 0 radical (unpaired) electrons. The molecule has 1 amide bonds. The van der Waals surface area contributed by atoms with Gasteiger partial charge >= 0.3 is 6.09 Å². The number of amides is 1. The fourth-order valence-corrected chi connectivity index (χ4v) is 3.18. The lowest BCUT2D eigenvalue weighted by Gasteiger charge is -2.39. The summed E-state index contributed by atoms with van der Waals surface area (Å²) in [6, 6.07) is 8.89. The van der Waals surface area contributed by atoms with Crippen molar-refractivity contribution in [3.05, 3.63) is 42.9 Å². The topological polar surface area (TPSA) is 89.2 Å². The van der Waals surface area contributed by atoms with E-state index in [2.05, 4.69) is 10.2 Å². The lowest BCUT2D eigenvalue weighted by atomic mass is 10.0. The Kier molecular flexibility index (Phi) is 4.77. The van der Waals surface area contributed by atoms with Gasteiger partial charge in [0.05, 0.1) is 6.61 Å². The summed E-state index contributed by atoms with van der Waals surface area (Å²) >= 11 is 0. The van der Waals surface area contributed by atoms with E-state index in [1.807, 2.05) is 49.6 Å². The molecule has 1 N–H and O–H groups in total. The molecule has 4 rings (SSSR count). The zero-order valence-corrected chi connectivity index (χ0v) is 16.7. The molecular formula is C21H24N4O4. The first kappa shape index (κ1) is 19.0. The van der Waals surface area contributed by atoms with Gasteiger partial charge in [0.15, 0.2) is 5.75 Å². The molecule has 0 spiro atoms. The van der Waals surface area contributed by atoms with Gasteiger partial charge in [-0.25, -0.2) is 4.79 Å². The van der Waals surface area contributed by atoms with Crippen molar-refractivity contribution in [2.75, 3.05) is 19.7 Å². The van der Waals surface area contributed by atoms with Crippen molar-refractivity contribution >= 4 is 11.7 Å². The van der Waals surface area contributed by atoms with Gasteiger partial charge in [-0.2, -0.15) is 0 Å². The summed E-state index contributed by atoms with van der Waals surface area (Å²) in [5.74, 6) is 1.08. The number of nitrogens with zero attached hydrogens (tertiary/aromatic N) is 4. The van der Waals surface area contributed by atoms with Crippen LogP contribution < -0.4 is 4.74 Å². The highest BCUT2D eigenvalue weighted by Gasteiger charge is 2.34. The smallest absolute Gasteiger partial charge is 0.410 e. The molecule has 0 saturated carbocycles. The van der Waals surface area contributed by atoms with E-state index in [0.717, 1.165) is 11.1 Å². The van der Waals surface area contributed by atoms with Gasteiger partial charge in [0.2, 0.25) is 5.65 Å². The SMILES string of the molecule is CC(C)(C)OC(=O)N1CC(COc2cc(-c3ccc(O)cc3)cn3cnnc23)C1. The number of phenols is 1. The molecule has 29 heavy (non-hydrogen) atoms. The van der Waals surface area contributed by atoms with Crippen LogP contribution >= 0.6 is 0 Å². The van der Waals surface area contributed by atoms with E-state index in [-0.39, 0.29) is 17.8 Å². The first-order valence-corrected chi connectivity index (χ1v) is 9.52. The molecule has 8 heteroatoms. The number of phenolic OH excluding ortho intramolecular Hbond substituents is 1. The minimum Gasteiger partial charge on any atom is -0.508 e. The number of fused-ring (bicyclic) bond motifs is 1. The van der Waals surface area contributed by atoms with E-state index in [0.29, 0.717) is 31.1 Å². The fourth-order valence-electron chi connectivity index (χ4n) is 3.18. The number of carbonyl (C=O) groups excluding carboxylic acids is 1. The van der Waals surface area contributed by atoms with Crippen LogP contribution in [0.5, 0.6) is 11.5 Å². The summed E-state index contributed by atoms with van der Waals surface area (Å²) in [4.78, 5) is 13.7. The van der Waals surface area contributed by atoms with Crippen molar-refractivity contribution in [1.29, 1.82) is 0 Å². The lowest BCUT2D eigenvalue weighted by molar-refractivity contribution is -0.00775. The highest BCUT2D eigenvalue weighted by atomic mass is 16.6. The molecular weight excluding hydrogens is 372 g/mol. The summed E-state index contributed by atoms with van der Waals surface area (Å²) < 4.78 is 13.2. The van der Waals surface area contributed by atoms with Crippen molar-refractivity contribution in [3.8, 4) is 22.6 Å². The van der Waals surface area contributed by atoms with Crippen LogP contribution in [-0.2, 0) is 4.74 Å². The Morgan fingerprint density at radius 1 is 1.21 bits per heavy atom. The summed E-state index contributed by atoms with van der Waals surface area (Å²) in [7, 11) is 0. The number of pyridine rings is 1. The maximum absolute atomic E-state index is 12.0. The molecule has 0 bridgehead atoms. The molecule has 0 atom stereocenters. The Hall–Kier alpha value is -3.29. The fraction of sp³-hybridized carbons (Fsp3) is 0.381. The van der Waals surface area contributed by atoms with Crippen LogP contribution in [0.3, 0.4) is 0 Å². The summed E-state index contributed by atoms with van der Waals surface area (Å²) in [5.41, 5.74) is 2.02.